The van der Waals surface area contributed by atoms with Crippen molar-refractivity contribution in [2.75, 3.05) is 49.1 Å². The van der Waals surface area contributed by atoms with Crippen LogP contribution in [0.5, 0.6) is 0 Å². The molecule has 2 aliphatic heterocycles. The summed E-state index contributed by atoms with van der Waals surface area (Å²) in [6.45, 7) is 2.94. The third-order valence-electron chi connectivity index (χ3n) is 5.22. The Balaban J connectivity index is 1.39. The molecule has 0 bridgehead atoms. The van der Waals surface area contributed by atoms with Crippen molar-refractivity contribution < 1.29 is 18.0 Å². The standard InChI is InChI=1S/C20H24N4O4S3/c25-18-14-23(7-6-21-18)16-3-1-15(2-4-16)13-22-20(26)19-17(5-10-30-19)31(27,28)24-8-11-29-12-9-24/h1-5,10H,6-9,11-14H2,(H,21,25)(H,22,26). The average molecular weight is 481 g/mol. The highest BCUT2D eigenvalue weighted by Gasteiger charge is 2.31. The molecule has 0 saturated carbocycles. The second kappa shape index (κ2) is 9.60. The Morgan fingerprint density at radius 2 is 1.84 bits per heavy atom. The normalized spacial score (nSPS) is 17.9. The van der Waals surface area contributed by atoms with Crippen molar-refractivity contribution in [1.82, 2.24) is 14.9 Å². The number of piperazine rings is 1. The van der Waals surface area contributed by atoms with Crippen molar-refractivity contribution in [3.8, 4) is 0 Å². The molecule has 8 nitrogen and oxygen atoms in total. The minimum absolute atomic E-state index is 0.00704. The molecule has 2 saturated heterocycles. The third kappa shape index (κ3) is 5.05. The predicted octanol–water partition coefficient (Wildman–Crippen LogP) is 1.35. The first-order valence-corrected chi connectivity index (χ1v) is 13.5. The molecule has 0 radical (unpaired) electrons. The summed E-state index contributed by atoms with van der Waals surface area (Å²) in [5.41, 5.74) is 1.85. The van der Waals surface area contributed by atoms with Gasteiger partial charge in [-0.2, -0.15) is 16.1 Å². The van der Waals surface area contributed by atoms with E-state index in [0.717, 1.165) is 40.6 Å². The van der Waals surface area contributed by atoms with Crippen LogP contribution < -0.4 is 15.5 Å². The lowest BCUT2D eigenvalue weighted by Crippen LogP contribution is -2.47. The number of amides is 2. The summed E-state index contributed by atoms with van der Waals surface area (Å²) < 4.78 is 27.4. The largest absolute Gasteiger partial charge is 0.360 e. The Kier molecular flexibility index (Phi) is 6.85. The van der Waals surface area contributed by atoms with E-state index >= 15 is 0 Å². The number of sulfonamides is 1. The van der Waals surface area contributed by atoms with E-state index in [2.05, 4.69) is 10.6 Å². The van der Waals surface area contributed by atoms with E-state index in [9.17, 15) is 18.0 Å². The molecule has 11 heteroatoms. The molecule has 1 aromatic carbocycles. The number of nitrogens with one attached hydrogen (secondary N) is 2. The van der Waals surface area contributed by atoms with Gasteiger partial charge in [0.25, 0.3) is 5.91 Å². The van der Waals surface area contributed by atoms with Crippen molar-refractivity contribution in [3.63, 3.8) is 0 Å². The number of benzene rings is 1. The van der Waals surface area contributed by atoms with E-state index in [1.54, 1.807) is 17.1 Å². The monoisotopic (exact) mass is 480 g/mol. The van der Waals surface area contributed by atoms with Gasteiger partial charge >= 0.3 is 0 Å². The van der Waals surface area contributed by atoms with E-state index in [0.29, 0.717) is 26.2 Å². The fourth-order valence-corrected chi connectivity index (χ4v) is 7.43. The summed E-state index contributed by atoms with van der Waals surface area (Å²) in [6, 6.07) is 9.17. The lowest BCUT2D eigenvalue weighted by atomic mass is 10.2. The molecule has 2 fully saturated rings. The first-order valence-electron chi connectivity index (χ1n) is 9.99. The van der Waals surface area contributed by atoms with E-state index in [-0.39, 0.29) is 22.2 Å². The van der Waals surface area contributed by atoms with Gasteiger partial charge in [-0.15, -0.1) is 11.3 Å². The van der Waals surface area contributed by atoms with Crippen LogP contribution in [0, 0.1) is 0 Å². The molecule has 166 valence electrons. The van der Waals surface area contributed by atoms with Gasteiger partial charge in [-0.25, -0.2) is 8.42 Å². The van der Waals surface area contributed by atoms with E-state index in [4.69, 9.17) is 0 Å². The number of rotatable bonds is 6. The van der Waals surface area contributed by atoms with Crippen LogP contribution in [0.2, 0.25) is 0 Å². The van der Waals surface area contributed by atoms with Crippen molar-refractivity contribution in [1.29, 1.82) is 0 Å². The van der Waals surface area contributed by atoms with Gasteiger partial charge in [-0.3, -0.25) is 9.59 Å². The lowest BCUT2D eigenvalue weighted by Gasteiger charge is -2.28. The maximum absolute atomic E-state index is 13.0. The number of hydrogen-bond acceptors (Lipinski definition) is 7. The van der Waals surface area contributed by atoms with Crippen LogP contribution in [0.25, 0.3) is 0 Å². The number of anilines is 1. The van der Waals surface area contributed by atoms with Crippen molar-refractivity contribution in [2.45, 2.75) is 11.4 Å². The van der Waals surface area contributed by atoms with Gasteiger partial charge in [0, 0.05) is 49.9 Å². The summed E-state index contributed by atoms with van der Waals surface area (Å²) in [5.74, 6) is 1.15. The first kappa shape index (κ1) is 22.1. The number of carbonyl (C=O) groups is 2. The molecule has 0 spiro atoms. The maximum atomic E-state index is 13.0. The maximum Gasteiger partial charge on any atom is 0.263 e. The highest BCUT2D eigenvalue weighted by atomic mass is 32.2. The van der Waals surface area contributed by atoms with Gasteiger partial charge < -0.3 is 15.5 Å². The fourth-order valence-electron chi connectivity index (χ4n) is 3.54. The van der Waals surface area contributed by atoms with Gasteiger partial charge in [0.15, 0.2) is 0 Å². The number of thiophene rings is 1. The molecular formula is C20H24N4O4S3. The van der Waals surface area contributed by atoms with Gasteiger partial charge in [-0.1, -0.05) is 12.1 Å². The zero-order valence-electron chi connectivity index (χ0n) is 16.9. The molecule has 2 N–H and O–H groups in total. The summed E-state index contributed by atoms with van der Waals surface area (Å²) in [5, 5.41) is 7.27. The predicted molar refractivity (Wildman–Crippen MR) is 123 cm³/mol. The lowest BCUT2D eigenvalue weighted by molar-refractivity contribution is -0.120. The van der Waals surface area contributed by atoms with Crippen molar-refractivity contribution in [3.05, 3.63) is 46.2 Å². The minimum atomic E-state index is -3.67. The minimum Gasteiger partial charge on any atom is -0.360 e. The average Bonchev–Trinajstić information content (AvgIpc) is 3.29. The molecule has 1 aromatic heterocycles. The first-order chi connectivity index (χ1) is 14.9. The highest BCUT2D eigenvalue weighted by Crippen LogP contribution is 2.27. The van der Waals surface area contributed by atoms with E-state index < -0.39 is 15.9 Å². The molecule has 3 heterocycles. The quantitative estimate of drug-likeness (QED) is 0.648. The van der Waals surface area contributed by atoms with Crippen molar-refractivity contribution in [2.24, 2.45) is 0 Å². The molecular weight excluding hydrogens is 456 g/mol. The van der Waals surface area contributed by atoms with Gasteiger partial charge in [0.1, 0.15) is 9.77 Å². The highest BCUT2D eigenvalue weighted by molar-refractivity contribution is 7.99. The number of nitrogens with zero attached hydrogens (tertiary/aromatic N) is 2. The Bertz CT molecular complexity index is 1050. The summed E-state index contributed by atoms with van der Waals surface area (Å²) in [6.07, 6.45) is 0. The molecule has 2 aliphatic rings. The molecule has 2 aromatic rings. The van der Waals surface area contributed by atoms with Crippen LogP contribution in [0.4, 0.5) is 5.69 Å². The molecule has 31 heavy (non-hydrogen) atoms. The number of thioether (sulfide) groups is 1. The molecule has 0 atom stereocenters. The summed E-state index contributed by atoms with van der Waals surface area (Å²) >= 11 is 2.87. The molecule has 2 amide bonds. The Labute approximate surface area is 190 Å². The van der Waals surface area contributed by atoms with Crippen LogP contribution in [-0.2, 0) is 21.4 Å². The number of hydrogen-bond donors (Lipinski definition) is 2. The second-order valence-electron chi connectivity index (χ2n) is 7.25. The Morgan fingerprint density at radius 3 is 2.55 bits per heavy atom. The van der Waals surface area contributed by atoms with Gasteiger partial charge in [0.2, 0.25) is 15.9 Å². The zero-order chi connectivity index (χ0) is 21.8. The van der Waals surface area contributed by atoms with Crippen LogP contribution in [0.1, 0.15) is 15.2 Å². The van der Waals surface area contributed by atoms with Crippen LogP contribution in [-0.4, -0.2) is 68.8 Å². The summed E-state index contributed by atoms with van der Waals surface area (Å²) in [4.78, 5) is 26.6. The number of carbonyl (C=O) groups excluding carboxylic acids is 2. The van der Waals surface area contributed by atoms with Crippen LogP contribution in [0.3, 0.4) is 0 Å². The summed E-state index contributed by atoms with van der Waals surface area (Å²) in [7, 11) is -3.67. The Morgan fingerprint density at radius 1 is 1.10 bits per heavy atom. The molecule has 0 aliphatic carbocycles. The van der Waals surface area contributed by atoms with Crippen LogP contribution >= 0.6 is 23.1 Å². The van der Waals surface area contributed by atoms with E-state index in [1.165, 1.54) is 10.4 Å². The zero-order valence-corrected chi connectivity index (χ0v) is 19.3. The van der Waals surface area contributed by atoms with Gasteiger partial charge in [-0.05, 0) is 29.1 Å². The van der Waals surface area contributed by atoms with Crippen molar-refractivity contribution >= 4 is 50.6 Å². The smallest absolute Gasteiger partial charge is 0.263 e. The van der Waals surface area contributed by atoms with Gasteiger partial charge in [0.05, 0.1) is 6.54 Å². The third-order valence-corrected chi connectivity index (χ3v) is 9.14. The second-order valence-corrected chi connectivity index (χ2v) is 11.3. The SMILES string of the molecule is O=C1CN(c2ccc(CNC(=O)c3sccc3S(=O)(=O)N3CCSCC3)cc2)CCN1. The molecule has 4 rings (SSSR count). The van der Waals surface area contributed by atoms with Crippen LogP contribution in [0.15, 0.2) is 40.6 Å². The topological polar surface area (TPSA) is 98.8 Å². The fraction of sp³-hybridized carbons (Fsp3) is 0.400. The Hall–Kier alpha value is -2.08. The van der Waals surface area contributed by atoms with E-state index in [1.807, 2.05) is 29.2 Å². The molecule has 0 unspecified atom stereocenters.